The van der Waals surface area contributed by atoms with Gasteiger partial charge in [-0.05, 0) is 32.0 Å². The molecule has 1 aromatic heterocycles. The van der Waals surface area contributed by atoms with Gasteiger partial charge >= 0.3 is 0 Å². The molecule has 1 aromatic carbocycles. The first-order chi connectivity index (χ1) is 10.2. The van der Waals surface area contributed by atoms with Crippen LogP contribution in [0.5, 0.6) is 0 Å². The summed E-state index contributed by atoms with van der Waals surface area (Å²) in [7, 11) is 0. The Hall–Kier alpha value is -1.83. The smallest absolute Gasteiger partial charge is 0.0998 e. The Labute approximate surface area is 125 Å². The highest BCUT2D eigenvalue weighted by Gasteiger charge is 2.22. The fourth-order valence-corrected chi connectivity index (χ4v) is 3.02. The van der Waals surface area contributed by atoms with E-state index in [1.54, 1.807) is 0 Å². The van der Waals surface area contributed by atoms with Gasteiger partial charge in [-0.2, -0.15) is 5.26 Å². The van der Waals surface area contributed by atoms with Gasteiger partial charge in [0.1, 0.15) is 0 Å². The number of nitriles is 1. The molecule has 4 heteroatoms. The van der Waals surface area contributed by atoms with Gasteiger partial charge in [-0.1, -0.05) is 6.07 Å². The van der Waals surface area contributed by atoms with Gasteiger partial charge in [0.2, 0.25) is 0 Å². The fraction of sp³-hybridized carbons (Fsp3) is 0.471. The Morgan fingerprint density at radius 2 is 2.24 bits per heavy atom. The molecule has 2 aromatic rings. The standard InChI is InChI=1S/C17H21N3O/c1-13(2)19-8-9-21-15(11-19)12-20-7-6-16-14(10-18)4-3-5-17(16)20/h3-7,13,15H,8-9,11-12H2,1-2H3. The van der Waals surface area contributed by atoms with Crippen LogP contribution < -0.4 is 0 Å². The molecule has 1 unspecified atom stereocenters. The summed E-state index contributed by atoms with van der Waals surface area (Å²) < 4.78 is 8.11. The summed E-state index contributed by atoms with van der Waals surface area (Å²) in [5.41, 5.74) is 1.85. The third kappa shape index (κ3) is 2.80. The molecule has 21 heavy (non-hydrogen) atoms. The summed E-state index contributed by atoms with van der Waals surface area (Å²) in [5.74, 6) is 0. The van der Waals surface area contributed by atoms with Gasteiger partial charge in [0.05, 0.1) is 30.9 Å². The Balaban J connectivity index is 1.81. The second-order valence-corrected chi connectivity index (χ2v) is 5.90. The van der Waals surface area contributed by atoms with Crippen molar-refractivity contribution in [2.24, 2.45) is 0 Å². The van der Waals surface area contributed by atoms with E-state index in [1.165, 1.54) is 0 Å². The van der Waals surface area contributed by atoms with Crippen molar-refractivity contribution >= 4 is 10.9 Å². The maximum Gasteiger partial charge on any atom is 0.0998 e. The van der Waals surface area contributed by atoms with Crippen molar-refractivity contribution in [3.05, 3.63) is 36.0 Å². The molecule has 1 atom stereocenters. The van der Waals surface area contributed by atoms with E-state index in [0.29, 0.717) is 6.04 Å². The molecule has 0 N–H and O–H groups in total. The molecule has 0 bridgehead atoms. The summed E-state index contributed by atoms with van der Waals surface area (Å²) in [6.45, 7) is 8.07. The van der Waals surface area contributed by atoms with Crippen molar-refractivity contribution in [2.75, 3.05) is 19.7 Å². The van der Waals surface area contributed by atoms with Gasteiger partial charge in [-0.25, -0.2) is 0 Å². The summed E-state index contributed by atoms with van der Waals surface area (Å²) in [4.78, 5) is 2.46. The molecule has 1 aliphatic rings. The van der Waals surface area contributed by atoms with Gasteiger partial charge in [0, 0.05) is 36.2 Å². The fourth-order valence-electron chi connectivity index (χ4n) is 3.02. The predicted molar refractivity (Wildman–Crippen MR) is 83.1 cm³/mol. The number of ether oxygens (including phenoxy) is 1. The van der Waals surface area contributed by atoms with Crippen LogP contribution in [0.25, 0.3) is 10.9 Å². The zero-order valence-corrected chi connectivity index (χ0v) is 12.6. The minimum Gasteiger partial charge on any atom is -0.374 e. The molecule has 1 fully saturated rings. The Morgan fingerprint density at radius 1 is 1.38 bits per heavy atom. The Bertz CT molecular complexity index is 668. The molecule has 1 aliphatic heterocycles. The van der Waals surface area contributed by atoms with Crippen molar-refractivity contribution in [2.45, 2.75) is 32.5 Å². The van der Waals surface area contributed by atoms with Gasteiger partial charge < -0.3 is 9.30 Å². The van der Waals surface area contributed by atoms with E-state index in [9.17, 15) is 5.26 Å². The van der Waals surface area contributed by atoms with Crippen LogP contribution in [0, 0.1) is 11.3 Å². The number of aromatic nitrogens is 1. The SMILES string of the molecule is CC(C)N1CCOC(Cn2ccc3c(C#N)cccc32)C1. The van der Waals surface area contributed by atoms with E-state index in [0.717, 1.165) is 42.7 Å². The van der Waals surface area contributed by atoms with E-state index in [1.807, 2.05) is 18.2 Å². The van der Waals surface area contributed by atoms with Crippen molar-refractivity contribution in [1.29, 1.82) is 5.26 Å². The molecule has 1 saturated heterocycles. The minimum absolute atomic E-state index is 0.211. The number of morpholine rings is 1. The molecule has 0 saturated carbocycles. The largest absolute Gasteiger partial charge is 0.374 e. The molecule has 0 radical (unpaired) electrons. The van der Waals surface area contributed by atoms with Crippen molar-refractivity contribution < 1.29 is 4.74 Å². The van der Waals surface area contributed by atoms with Crippen LogP contribution >= 0.6 is 0 Å². The molecular weight excluding hydrogens is 262 g/mol. The number of rotatable bonds is 3. The van der Waals surface area contributed by atoms with E-state index in [-0.39, 0.29) is 6.10 Å². The van der Waals surface area contributed by atoms with Gasteiger partial charge in [-0.3, -0.25) is 4.90 Å². The highest BCUT2D eigenvalue weighted by molar-refractivity contribution is 5.85. The molecule has 0 spiro atoms. The second-order valence-electron chi connectivity index (χ2n) is 5.90. The summed E-state index contributed by atoms with van der Waals surface area (Å²) >= 11 is 0. The predicted octanol–water partition coefficient (Wildman–Crippen LogP) is 2.62. The molecule has 0 amide bonds. The van der Waals surface area contributed by atoms with Gasteiger partial charge in [-0.15, -0.1) is 0 Å². The Kier molecular flexibility index (Phi) is 3.96. The van der Waals surface area contributed by atoms with E-state index < -0.39 is 0 Å². The third-order valence-electron chi connectivity index (χ3n) is 4.23. The zero-order chi connectivity index (χ0) is 14.8. The van der Waals surface area contributed by atoms with E-state index in [2.05, 4.69) is 41.6 Å². The van der Waals surface area contributed by atoms with Crippen LogP contribution in [0.4, 0.5) is 0 Å². The lowest BCUT2D eigenvalue weighted by atomic mass is 10.1. The molecule has 4 nitrogen and oxygen atoms in total. The van der Waals surface area contributed by atoms with Crippen molar-refractivity contribution in [3.8, 4) is 6.07 Å². The molecule has 2 heterocycles. The maximum atomic E-state index is 9.17. The Morgan fingerprint density at radius 3 is 3.00 bits per heavy atom. The number of fused-ring (bicyclic) bond motifs is 1. The highest BCUT2D eigenvalue weighted by atomic mass is 16.5. The highest BCUT2D eigenvalue weighted by Crippen LogP contribution is 2.21. The third-order valence-corrected chi connectivity index (χ3v) is 4.23. The summed E-state index contributed by atoms with van der Waals surface area (Å²) in [6, 6.07) is 10.7. The number of hydrogen-bond donors (Lipinski definition) is 0. The van der Waals surface area contributed by atoms with Gasteiger partial charge in [0.15, 0.2) is 0 Å². The van der Waals surface area contributed by atoms with Crippen LogP contribution in [0.3, 0.4) is 0 Å². The molecule has 0 aliphatic carbocycles. The van der Waals surface area contributed by atoms with Crippen molar-refractivity contribution in [1.82, 2.24) is 9.47 Å². The number of hydrogen-bond acceptors (Lipinski definition) is 3. The average Bonchev–Trinajstić information content (AvgIpc) is 2.90. The zero-order valence-electron chi connectivity index (χ0n) is 12.6. The first-order valence-corrected chi connectivity index (χ1v) is 7.52. The quantitative estimate of drug-likeness (QED) is 0.869. The lowest BCUT2D eigenvalue weighted by Crippen LogP contribution is -2.47. The molecule has 110 valence electrons. The average molecular weight is 283 g/mol. The normalized spacial score (nSPS) is 20.0. The first kappa shape index (κ1) is 14.1. The minimum atomic E-state index is 0.211. The first-order valence-electron chi connectivity index (χ1n) is 7.52. The molecular formula is C17H21N3O. The lowest BCUT2D eigenvalue weighted by Gasteiger charge is -2.35. The maximum absolute atomic E-state index is 9.17. The second kappa shape index (κ2) is 5.88. The van der Waals surface area contributed by atoms with E-state index >= 15 is 0 Å². The van der Waals surface area contributed by atoms with Crippen LogP contribution in [-0.2, 0) is 11.3 Å². The summed E-state index contributed by atoms with van der Waals surface area (Å²) in [5, 5.41) is 10.2. The van der Waals surface area contributed by atoms with Crippen LogP contribution in [0.2, 0.25) is 0 Å². The van der Waals surface area contributed by atoms with Crippen LogP contribution in [-0.4, -0.2) is 41.3 Å². The molecule has 3 rings (SSSR count). The van der Waals surface area contributed by atoms with Crippen LogP contribution in [0.15, 0.2) is 30.5 Å². The monoisotopic (exact) mass is 283 g/mol. The number of benzene rings is 1. The lowest BCUT2D eigenvalue weighted by molar-refractivity contribution is -0.0451. The van der Waals surface area contributed by atoms with Crippen molar-refractivity contribution in [3.63, 3.8) is 0 Å². The summed E-state index contributed by atoms with van der Waals surface area (Å²) in [6.07, 6.45) is 2.27. The number of nitrogens with zero attached hydrogens (tertiary/aromatic N) is 3. The van der Waals surface area contributed by atoms with Gasteiger partial charge in [0.25, 0.3) is 0 Å². The van der Waals surface area contributed by atoms with E-state index in [4.69, 9.17) is 4.74 Å². The topological polar surface area (TPSA) is 41.2 Å². The van der Waals surface area contributed by atoms with Crippen LogP contribution in [0.1, 0.15) is 19.4 Å².